The second kappa shape index (κ2) is 5.44. The van der Waals surface area contributed by atoms with E-state index < -0.39 is 0 Å². The van der Waals surface area contributed by atoms with Gasteiger partial charge in [0.25, 0.3) is 5.69 Å². The fourth-order valence-corrected chi connectivity index (χ4v) is 2.66. The second-order valence-corrected chi connectivity index (χ2v) is 5.23. The Morgan fingerprint density at radius 3 is 2.95 bits per heavy atom. The van der Waals surface area contributed by atoms with Gasteiger partial charge in [0.2, 0.25) is 0 Å². The first-order valence-corrected chi connectivity index (χ1v) is 7.03. The predicted molar refractivity (Wildman–Crippen MR) is 84.4 cm³/mol. The molecule has 108 valence electrons. The van der Waals surface area contributed by atoms with E-state index in [-0.39, 0.29) is 10.6 Å². The molecule has 0 radical (unpaired) electrons. The summed E-state index contributed by atoms with van der Waals surface area (Å²) in [6.07, 6.45) is 2.19. The number of aryl methyl sites for hydroxylation is 1. The molecule has 0 saturated carbocycles. The van der Waals surface area contributed by atoms with Crippen molar-refractivity contribution in [3.8, 4) is 0 Å². The van der Waals surface area contributed by atoms with Crippen molar-refractivity contribution < 1.29 is 4.92 Å². The molecule has 5 heteroatoms. The Morgan fingerprint density at radius 1 is 1.29 bits per heavy atom. The number of fused-ring (bicyclic) bond motifs is 1. The molecule has 1 aliphatic rings. The van der Waals surface area contributed by atoms with Gasteiger partial charge in [0.1, 0.15) is 0 Å². The first-order chi connectivity index (χ1) is 10.1. The lowest BCUT2D eigenvalue weighted by atomic mass is 10.0. The highest BCUT2D eigenvalue weighted by Crippen LogP contribution is 2.30. The molecule has 0 saturated heterocycles. The monoisotopic (exact) mass is 283 g/mol. The van der Waals surface area contributed by atoms with Crippen molar-refractivity contribution in [1.29, 1.82) is 0 Å². The number of rotatable bonds is 3. The lowest BCUT2D eigenvalue weighted by molar-refractivity contribution is -0.385. The van der Waals surface area contributed by atoms with E-state index in [1.165, 1.54) is 17.3 Å². The normalized spacial score (nSPS) is 13.2. The second-order valence-electron chi connectivity index (χ2n) is 5.23. The zero-order chi connectivity index (χ0) is 14.8. The minimum absolute atomic E-state index is 0.139. The Morgan fingerprint density at radius 2 is 2.14 bits per heavy atom. The largest absolute Gasteiger partial charge is 0.385 e. The highest BCUT2D eigenvalue weighted by atomic mass is 16.6. The number of nitro benzene ring substituents is 1. The molecule has 0 atom stereocenters. The third-order valence-electron chi connectivity index (χ3n) is 3.82. The topological polar surface area (TPSA) is 67.2 Å². The molecule has 0 aliphatic carbocycles. The summed E-state index contributed by atoms with van der Waals surface area (Å²) in [6.45, 7) is 2.78. The molecule has 1 heterocycles. The van der Waals surface area contributed by atoms with Gasteiger partial charge in [-0.05, 0) is 49.6 Å². The molecule has 0 fully saturated rings. The molecule has 0 aromatic heterocycles. The molecule has 0 amide bonds. The Bertz CT molecular complexity index is 698. The van der Waals surface area contributed by atoms with Crippen molar-refractivity contribution in [2.45, 2.75) is 19.8 Å². The van der Waals surface area contributed by atoms with Crippen LogP contribution in [0.4, 0.5) is 22.7 Å². The van der Waals surface area contributed by atoms with E-state index in [2.05, 4.69) is 22.8 Å². The van der Waals surface area contributed by atoms with Crippen LogP contribution in [0.3, 0.4) is 0 Å². The smallest absolute Gasteiger partial charge is 0.274 e. The average Bonchev–Trinajstić information content (AvgIpc) is 2.49. The maximum atomic E-state index is 11.0. The van der Waals surface area contributed by atoms with Crippen LogP contribution in [-0.4, -0.2) is 11.5 Å². The van der Waals surface area contributed by atoms with Gasteiger partial charge >= 0.3 is 0 Å². The van der Waals surface area contributed by atoms with E-state index in [1.807, 2.05) is 12.1 Å². The van der Waals surface area contributed by atoms with Crippen LogP contribution < -0.4 is 10.6 Å². The number of anilines is 3. The van der Waals surface area contributed by atoms with Crippen LogP contribution in [0.15, 0.2) is 36.4 Å². The van der Waals surface area contributed by atoms with Crippen molar-refractivity contribution >= 4 is 22.7 Å². The summed E-state index contributed by atoms with van der Waals surface area (Å²) in [6, 6.07) is 11.3. The van der Waals surface area contributed by atoms with Crippen LogP contribution in [0.5, 0.6) is 0 Å². The maximum absolute atomic E-state index is 11.0. The van der Waals surface area contributed by atoms with E-state index in [0.29, 0.717) is 5.56 Å². The van der Waals surface area contributed by atoms with E-state index in [9.17, 15) is 10.1 Å². The fraction of sp³-hybridized carbons (Fsp3) is 0.250. The van der Waals surface area contributed by atoms with Crippen molar-refractivity contribution in [3.05, 3.63) is 57.6 Å². The van der Waals surface area contributed by atoms with Gasteiger partial charge in [-0.1, -0.05) is 6.07 Å². The minimum atomic E-state index is -0.350. The average molecular weight is 283 g/mol. The van der Waals surface area contributed by atoms with E-state index in [0.717, 1.165) is 30.8 Å². The molecular weight excluding hydrogens is 266 g/mol. The van der Waals surface area contributed by atoms with Crippen LogP contribution in [0.1, 0.15) is 17.5 Å². The van der Waals surface area contributed by atoms with Gasteiger partial charge in [0.05, 0.1) is 10.5 Å². The third kappa shape index (κ3) is 2.67. The lowest BCUT2D eigenvalue weighted by Gasteiger charge is -2.19. The molecule has 0 unspecified atom stereocenters. The van der Waals surface area contributed by atoms with E-state index >= 15 is 0 Å². The minimum Gasteiger partial charge on any atom is -0.385 e. The molecule has 3 rings (SSSR count). The zero-order valence-electron chi connectivity index (χ0n) is 11.8. The van der Waals surface area contributed by atoms with Crippen LogP contribution in [0.25, 0.3) is 0 Å². The first-order valence-electron chi connectivity index (χ1n) is 7.03. The third-order valence-corrected chi connectivity index (χ3v) is 3.82. The summed E-state index contributed by atoms with van der Waals surface area (Å²) in [4.78, 5) is 10.6. The van der Waals surface area contributed by atoms with Gasteiger partial charge in [-0.3, -0.25) is 10.1 Å². The number of hydrogen-bond donors (Lipinski definition) is 2. The molecular formula is C16H17N3O2. The van der Waals surface area contributed by atoms with Crippen molar-refractivity contribution in [1.82, 2.24) is 0 Å². The van der Waals surface area contributed by atoms with Gasteiger partial charge in [-0.15, -0.1) is 0 Å². The van der Waals surface area contributed by atoms with Crippen molar-refractivity contribution in [3.63, 3.8) is 0 Å². The van der Waals surface area contributed by atoms with Gasteiger partial charge < -0.3 is 10.6 Å². The molecule has 2 aromatic carbocycles. The zero-order valence-corrected chi connectivity index (χ0v) is 11.8. The Labute approximate surface area is 123 Å². The summed E-state index contributed by atoms with van der Waals surface area (Å²) in [7, 11) is 0. The Kier molecular flexibility index (Phi) is 3.48. The van der Waals surface area contributed by atoms with Crippen molar-refractivity contribution in [2.24, 2.45) is 0 Å². The summed E-state index contributed by atoms with van der Waals surface area (Å²) in [5, 5.41) is 17.6. The highest BCUT2D eigenvalue weighted by molar-refractivity contribution is 5.70. The van der Waals surface area contributed by atoms with Gasteiger partial charge in [0, 0.05) is 29.7 Å². The van der Waals surface area contributed by atoms with Gasteiger partial charge in [-0.2, -0.15) is 0 Å². The highest BCUT2D eigenvalue weighted by Gasteiger charge is 2.14. The molecule has 0 spiro atoms. The van der Waals surface area contributed by atoms with Crippen LogP contribution in [-0.2, 0) is 6.42 Å². The number of nitrogens with one attached hydrogen (secondary N) is 2. The number of benzene rings is 2. The first kappa shape index (κ1) is 13.4. The number of nitrogens with zero attached hydrogens (tertiary/aromatic N) is 1. The summed E-state index contributed by atoms with van der Waals surface area (Å²) < 4.78 is 0. The summed E-state index contributed by atoms with van der Waals surface area (Å²) >= 11 is 0. The summed E-state index contributed by atoms with van der Waals surface area (Å²) in [5.74, 6) is 0. The number of hydrogen-bond acceptors (Lipinski definition) is 4. The van der Waals surface area contributed by atoms with Crippen molar-refractivity contribution in [2.75, 3.05) is 17.2 Å². The van der Waals surface area contributed by atoms with Gasteiger partial charge in [0.15, 0.2) is 0 Å². The fourth-order valence-electron chi connectivity index (χ4n) is 2.66. The number of nitro groups is 1. The van der Waals surface area contributed by atoms with E-state index in [1.54, 1.807) is 13.0 Å². The van der Waals surface area contributed by atoms with Gasteiger partial charge in [-0.25, -0.2) is 0 Å². The lowest BCUT2D eigenvalue weighted by Crippen LogP contribution is -2.11. The van der Waals surface area contributed by atoms with Crippen LogP contribution in [0.2, 0.25) is 0 Å². The molecule has 21 heavy (non-hydrogen) atoms. The molecule has 5 nitrogen and oxygen atoms in total. The molecule has 2 N–H and O–H groups in total. The maximum Gasteiger partial charge on any atom is 0.274 e. The summed E-state index contributed by atoms with van der Waals surface area (Å²) in [5.41, 5.74) is 4.99. The molecule has 1 aliphatic heterocycles. The Balaban J connectivity index is 1.90. The Hall–Kier alpha value is -2.56. The predicted octanol–water partition coefficient (Wildman–Crippen LogP) is 4.00. The standard InChI is InChI=1S/C16H17N3O2/c1-11-14(5-2-6-16(11)19(20)21)18-13-7-8-15-12(10-13)4-3-9-17-15/h2,5-8,10,17-18H,3-4,9H2,1H3. The van der Waals surface area contributed by atoms with E-state index in [4.69, 9.17) is 0 Å². The van der Waals surface area contributed by atoms with Crippen LogP contribution >= 0.6 is 0 Å². The van der Waals surface area contributed by atoms with Crippen LogP contribution in [0, 0.1) is 17.0 Å². The molecule has 0 bridgehead atoms. The quantitative estimate of drug-likeness (QED) is 0.660. The molecule has 2 aromatic rings. The SMILES string of the molecule is Cc1c(Nc2ccc3c(c2)CCCN3)cccc1[N+](=O)[O-].